The van der Waals surface area contributed by atoms with E-state index < -0.39 is 0 Å². The first-order valence-electron chi connectivity index (χ1n) is 4.80. The molecule has 0 saturated carbocycles. The molecule has 2 heteroatoms. The molecule has 0 atom stereocenters. The lowest BCUT2D eigenvalue weighted by Gasteiger charge is -2.12. The molecule has 0 aliphatic carbocycles. The first-order valence-corrected chi connectivity index (χ1v) is 5.43. The van der Waals surface area contributed by atoms with Gasteiger partial charge in [0.2, 0.25) is 0 Å². The minimum absolute atomic E-state index is 0.632. The smallest absolute Gasteiger partial charge is 0.130 e. The Bertz CT molecular complexity index is 365. The fourth-order valence-corrected chi connectivity index (χ4v) is 1.82. The lowest BCUT2D eigenvalue weighted by Crippen LogP contribution is -1.97. The second kappa shape index (κ2) is 5.66. The molecule has 1 nitrogen and oxygen atoms in total. The van der Waals surface area contributed by atoms with E-state index in [0.717, 1.165) is 22.5 Å². The zero-order valence-corrected chi connectivity index (χ0v) is 10.1. The predicted octanol–water partition coefficient (Wildman–Crippen LogP) is 3.55. The largest absolute Gasteiger partial charge is 0.496 e. The molecule has 0 amide bonds. The highest BCUT2D eigenvalue weighted by atomic mass is 32.1. The lowest BCUT2D eigenvalue weighted by molar-refractivity contribution is 0.367. The van der Waals surface area contributed by atoms with Gasteiger partial charge in [0, 0.05) is 16.9 Å². The molecule has 1 aromatic carbocycles. The van der Waals surface area contributed by atoms with Crippen LogP contribution >= 0.6 is 12.6 Å². The van der Waals surface area contributed by atoms with Gasteiger partial charge in [-0.2, -0.15) is 12.6 Å². The number of benzene rings is 1. The minimum Gasteiger partial charge on any atom is -0.496 e. The highest BCUT2D eigenvalue weighted by Gasteiger charge is 2.08. The van der Waals surface area contributed by atoms with Crippen molar-refractivity contribution in [1.29, 1.82) is 0 Å². The third-order valence-electron chi connectivity index (χ3n) is 2.19. The molecule has 0 N–H and O–H groups in total. The fraction of sp³-hybridized carbons (Fsp3) is 0.231. The van der Waals surface area contributed by atoms with Gasteiger partial charge in [-0.1, -0.05) is 42.5 Å². The van der Waals surface area contributed by atoms with E-state index in [-0.39, 0.29) is 0 Å². The summed E-state index contributed by atoms with van der Waals surface area (Å²) in [5.41, 5.74) is 3.10. The molecule has 80 valence electrons. The molecular weight excluding hydrogens is 204 g/mol. The Hall–Kier alpha value is -1.15. The molecule has 0 unspecified atom stereocenters. The first kappa shape index (κ1) is 11.9. The summed E-state index contributed by atoms with van der Waals surface area (Å²) in [5, 5.41) is 0. The second-order valence-electron chi connectivity index (χ2n) is 3.32. The predicted molar refractivity (Wildman–Crippen MR) is 69.0 cm³/mol. The highest BCUT2D eigenvalue weighted by molar-refractivity contribution is 7.80. The summed E-state index contributed by atoms with van der Waals surface area (Å²) in [5.74, 6) is 1.49. The molecule has 0 spiro atoms. The van der Waals surface area contributed by atoms with E-state index >= 15 is 0 Å². The Morgan fingerprint density at radius 3 is 2.33 bits per heavy atom. The van der Waals surface area contributed by atoms with Crippen molar-refractivity contribution in [2.45, 2.75) is 6.92 Å². The summed E-state index contributed by atoms with van der Waals surface area (Å²) in [7, 11) is 1.68. The summed E-state index contributed by atoms with van der Waals surface area (Å²) in [6.07, 6.45) is 0. The normalized spacial score (nSPS) is 11.9. The SMILES string of the molecule is C=C(C)/C(CS)=C(\OC)c1ccccc1. The van der Waals surface area contributed by atoms with Gasteiger partial charge < -0.3 is 4.74 Å². The number of thiol groups is 1. The van der Waals surface area contributed by atoms with Crippen LogP contribution in [0.1, 0.15) is 12.5 Å². The van der Waals surface area contributed by atoms with Crippen molar-refractivity contribution >= 4 is 18.4 Å². The molecule has 0 fully saturated rings. The summed E-state index contributed by atoms with van der Waals surface area (Å²) in [6, 6.07) is 10.0. The standard InChI is InChI=1S/C13H16OS/c1-10(2)12(9-15)13(14-3)11-7-5-4-6-8-11/h4-8,15H,1,9H2,2-3H3/b13-12-. The molecule has 1 rings (SSSR count). The van der Waals surface area contributed by atoms with Crippen LogP contribution in [0.25, 0.3) is 5.76 Å². The summed E-state index contributed by atoms with van der Waals surface area (Å²) < 4.78 is 5.42. The Morgan fingerprint density at radius 2 is 1.93 bits per heavy atom. The molecule has 0 radical (unpaired) electrons. The summed E-state index contributed by atoms with van der Waals surface area (Å²) >= 11 is 4.30. The number of hydrogen-bond donors (Lipinski definition) is 1. The maximum atomic E-state index is 5.42. The van der Waals surface area contributed by atoms with Crippen molar-refractivity contribution in [3.05, 3.63) is 53.6 Å². The van der Waals surface area contributed by atoms with E-state index in [1.807, 2.05) is 37.3 Å². The van der Waals surface area contributed by atoms with E-state index in [4.69, 9.17) is 4.74 Å². The summed E-state index contributed by atoms with van der Waals surface area (Å²) in [6.45, 7) is 5.90. The third-order valence-corrected chi connectivity index (χ3v) is 2.50. The van der Waals surface area contributed by atoms with Crippen molar-refractivity contribution in [1.82, 2.24) is 0 Å². The van der Waals surface area contributed by atoms with Crippen LogP contribution in [0.5, 0.6) is 0 Å². The van der Waals surface area contributed by atoms with Gasteiger partial charge >= 0.3 is 0 Å². The third kappa shape index (κ3) is 2.90. The average Bonchev–Trinajstić information content (AvgIpc) is 2.26. The molecular formula is C13H16OS. The molecule has 1 aromatic rings. The Kier molecular flexibility index (Phi) is 4.50. The number of rotatable bonds is 4. The van der Waals surface area contributed by atoms with Gasteiger partial charge in [-0.3, -0.25) is 0 Å². The zero-order chi connectivity index (χ0) is 11.3. The lowest BCUT2D eigenvalue weighted by atomic mass is 10.0. The molecule has 15 heavy (non-hydrogen) atoms. The van der Waals surface area contributed by atoms with Crippen molar-refractivity contribution in [3.8, 4) is 0 Å². The van der Waals surface area contributed by atoms with Gasteiger partial charge in [-0.25, -0.2) is 0 Å². The monoisotopic (exact) mass is 220 g/mol. The zero-order valence-electron chi connectivity index (χ0n) is 9.16. The van der Waals surface area contributed by atoms with E-state index in [1.165, 1.54) is 0 Å². The molecule has 0 bridgehead atoms. The van der Waals surface area contributed by atoms with Crippen LogP contribution in [0.15, 0.2) is 48.1 Å². The average molecular weight is 220 g/mol. The van der Waals surface area contributed by atoms with Gasteiger partial charge in [-0.05, 0) is 6.92 Å². The molecule has 0 aliphatic rings. The Labute approximate surface area is 96.9 Å². The molecule has 0 aliphatic heterocycles. The summed E-state index contributed by atoms with van der Waals surface area (Å²) in [4.78, 5) is 0. The van der Waals surface area contributed by atoms with Crippen molar-refractivity contribution in [3.63, 3.8) is 0 Å². The van der Waals surface area contributed by atoms with Gasteiger partial charge in [0.25, 0.3) is 0 Å². The number of hydrogen-bond acceptors (Lipinski definition) is 2. The number of allylic oxidation sites excluding steroid dienone is 1. The quantitative estimate of drug-likeness (QED) is 0.464. The number of methoxy groups -OCH3 is 1. The van der Waals surface area contributed by atoms with Crippen molar-refractivity contribution in [2.24, 2.45) is 0 Å². The van der Waals surface area contributed by atoms with E-state index in [0.29, 0.717) is 5.75 Å². The van der Waals surface area contributed by atoms with Gasteiger partial charge in [-0.15, -0.1) is 0 Å². The van der Waals surface area contributed by atoms with Crippen LogP contribution in [-0.4, -0.2) is 12.9 Å². The van der Waals surface area contributed by atoms with Crippen molar-refractivity contribution in [2.75, 3.05) is 12.9 Å². The van der Waals surface area contributed by atoms with E-state index in [9.17, 15) is 0 Å². The maximum Gasteiger partial charge on any atom is 0.130 e. The van der Waals surface area contributed by atoms with Gasteiger partial charge in [0.15, 0.2) is 0 Å². The highest BCUT2D eigenvalue weighted by Crippen LogP contribution is 2.24. The van der Waals surface area contributed by atoms with E-state index in [1.54, 1.807) is 7.11 Å². The van der Waals surface area contributed by atoms with Crippen LogP contribution in [0.4, 0.5) is 0 Å². The van der Waals surface area contributed by atoms with Gasteiger partial charge in [0.05, 0.1) is 7.11 Å². The Balaban J connectivity index is 3.23. The second-order valence-corrected chi connectivity index (χ2v) is 3.63. The molecule has 0 aromatic heterocycles. The van der Waals surface area contributed by atoms with Crippen LogP contribution in [0.3, 0.4) is 0 Å². The topological polar surface area (TPSA) is 9.23 Å². The molecule has 0 heterocycles. The van der Waals surface area contributed by atoms with Crippen molar-refractivity contribution < 1.29 is 4.74 Å². The van der Waals surface area contributed by atoms with E-state index in [2.05, 4.69) is 19.2 Å². The van der Waals surface area contributed by atoms with Gasteiger partial charge in [0.1, 0.15) is 5.76 Å². The number of ether oxygens (including phenoxy) is 1. The maximum absolute atomic E-state index is 5.42. The van der Waals surface area contributed by atoms with Crippen LogP contribution < -0.4 is 0 Å². The van der Waals surface area contributed by atoms with Crippen LogP contribution in [0, 0.1) is 0 Å². The van der Waals surface area contributed by atoms with Crippen LogP contribution in [0.2, 0.25) is 0 Å². The Morgan fingerprint density at radius 1 is 1.33 bits per heavy atom. The minimum atomic E-state index is 0.632. The van der Waals surface area contributed by atoms with Crippen LogP contribution in [-0.2, 0) is 4.74 Å². The first-order chi connectivity index (χ1) is 7.20. The fourth-order valence-electron chi connectivity index (χ4n) is 1.41. The molecule has 0 saturated heterocycles.